The zero-order valence-corrected chi connectivity index (χ0v) is 12.2. The van der Waals surface area contributed by atoms with Crippen LogP contribution in [0.2, 0.25) is 0 Å². The van der Waals surface area contributed by atoms with Gasteiger partial charge in [-0.1, -0.05) is 5.16 Å². The van der Waals surface area contributed by atoms with Crippen molar-refractivity contribution < 1.29 is 17.7 Å². The van der Waals surface area contributed by atoms with Crippen molar-refractivity contribution in [2.45, 2.75) is 31.1 Å². The summed E-state index contributed by atoms with van der Waals surface area (Å²) in [5.74, 6) is 0.727. The number of aromatic nitrogens is 1. The lowest BCUT2D eigenvalue weighted by Crippen LogP contribution is -2.16. The van der Waals surface area contributed by atoms with Gasteiger partial charge in [-0.3, -0.25) is 9.52 Å². The van der Waals surface area contributed by atoms with Crippen LogP contribution in [0.25, 0.3) is 0 Å². The van der Waals surface area contributed by atoms with Crippen molar-refractivity contribution in [3.63, 3.8) is 0 Å². The quantitative estimate of drug-likeness (QED) is 0.939. The van der Waals surface area contributed by atoms with E-state index in [4.69, 9.17) is 4.52 Å². The van der Waals surface area contributed by atoms with E-state index < -0.39 is 10.0 Å². The van der Waals surface area contributed by atoms with Crippen molar-refractivity contribution in [3.8, 4) is 0 Å². The van der Waals surface area contributed by atoms with Crippen LogP contribution in [0.1, 0.15) is 34.5 Å². The molecule has 6 nitrogen and oxygen atoms in total. The number of hydrogen-bond donors (Lipinski definition) is 1. The number of nitrogens with one attached hydrogen (secondary N) is 1. The second-order valence-electron chi connectivity index (χ2n) is 5.02. The summed E-state index contributed by atoms with van der Waals surface area (Å²) in [6.07, 6.45) is 1.99. The molecule has 0 atom stereocenters. The number of ketones is 1. The molecule has 0 aliphatic heterocycles. The van der Waals surface area contributed by atoms with Crippen molar-refractivity contribution >= 4 is 21.6 Å². The summed E-state index contributed by atoms with van der Waals surface area (Å²) in [5.41, 5.74) is 1.41. The molecular formula is C14H14N2O4S. The predicted molar refractivity (Wildman–Crippen MR) is 75.8 cm³/mol. The molecule has 3 rings (SSSR count). The largest absolute Gasteiger partial charge is 0.360 e. The molecule has 0 unspecified atom stereocenters. The topological polar surface area (TPSA) is 89.3 Å². The van der Waals surface area contributed by atoms with E-state index in [9.17, 15) is 13.2 Å². The molecule has 0 amide bonds. The van der Waals surface area contributed by atoms with Gasteiger partial charge in [0.1, 0.15) is 5.76 Å². The highest BCUT2D eigenvalue weighted by Crippen LogP contribution is 2.25. The maximum atomic E-state index is 12.3. The first-order valence-corrected chi connectivity index (χ1v) is 8.06. The van der Waals surface area contributed by atoms with Gasteiger partial charge in [0.25, 0.3) is 10.0 Å². The lowest BCUT2D eigenvalue weighted by atomic mass is 9.91. The van der Waals surface area contributed by atoms with E-state index >= 15 is 0 Å². The molecule has 0 saturated heterocycles. The van der Waals surface area contributed by atoms with Gasteiger partial charge in [-0.15, -0.1) is 0 Å². The average molecular weight is 306 g/mol. The summed E-state index contributed by atoms with van der Waals surface area (Å²) in [6.45, 7) is 1.68. The van der Waals surface area contributed by atoms with E-state index in [-0.39, 0.29) is 16.5 Å². The zero-order chi connectivity index (χ0) is 15.0. The lowest BCUT2D eigenvalue weighted by Gasteiger charge is -2.15. The van der Waals surface area contributed by atoms with Crippen molar-refractivity contribution in [2.24, 2.45) is 0 Å². The van der Waals surface area contributed by atoms with Crippen molar-refractivity contribution in [2.75, 3.05) is 4.72 Å². The predicted octanol–water partition coefficient (Wildman–Crippen LogP) is 2.30. The summed E-state index contributed by atoms with van der Waals surface area (Å²) in [6, 6.07) is 6.08. The summed E-state index contributed by atoms with van der Waals surface area (Å²) >= 11 is 0. The van der Waals surface area contributed by atoms with Crippen molar-refractivity contribution in [1.29, 1.82) is 0 Å². The van der Waals surface area contributed by atoms with Gasteiger partial charge in [0, 0.05) is 18.1 Å². The first-order valence-electron chi connectivity index (χ1n) is 6.58. The fourth-order valence-corrected chi connectivity index (χ4v) is 3.44. The van der Waals surface area contributed by atoms with Gasteiger partial charge in [-0.25, -0.2) is 8.42 Å². The Bertz CT molecular complexity index is 808. The molecule has 0 bridgehead atoms. The van der Waals surface area contributed by atoms with Crippen LogP contribution in [-0.2, 0) is 16.4 Å². The maximum Gasteiger partial charge on any atom is 0.263 e. The molecule has 0 saturated carbocycles. The summed E-state index contributed by atoms with van der Waals surface area (Å²) in [7, 11) is -3.73. The molecule has 0 radical (unpaired) electrons. The molecular weight excluding hydrogens is 292 g/mol. The molecule has 1 aromatic carbocycles. The Morgan fingerprint density at radius 3 is 2.76 bits per heavy atom. The molecule has 21 heavy (non-hydrogen) atoms. The third-order valence-corrected chi connectivity index (χ3v) is 4.76. The van der Waals surface area contributed by atoms with Crippen LogP contribution in [0.3, 0.4) is 0 Å². The van der Waals surface area contributed by atoms with Gasteiger partial charge in [-0.05, 0) is 43.5 Å². The number of fused-ring (bicyclic) bond motifs is 1. The minimum Gasteiger partial charge on any atom is -0.360 e. The second-order valence-corrected chi connectivity index (χ2v) is 6.71. The average Bonchev–Trinajstić information content (AvgIpc) is 2.83. The molecule has 1 N–H and O–H groups in total. The first kappa shape index (κ1) is 13.8. The molecule has 0 fully saturated rings. The van der Waals surface area contributed by atoms with Crippen LogP contribution in [-0.4, -0.2) is 19.4 Å². The minimum atomic E-state index is -3.73. The number of sulfonamides is 1. The monoisotopic (exact) mass is 306 g/mol. The number of aryl methyl sites for hydroxylation is 2. The Morgan fingerprint density at radius 1 is 1.24 bits per heavy atom. The number of nitrogens with zero attached hydrogens (tertiary/aromatic N) is 1. The van der Waals surface area contributed by atoms with Gasteiger partial charge in [-0.2, -0.15) is 0 Å². The number of anilines is 1. The number of rotatable bonds is 3. The van der Waals surface area contributed by atoms with Crippen LogP contribution in [0.15, 0.2) is 33.7 Å². The number of carbonyl (C=O) groups excluding carboxylic acids is 1. The van der Waals surface area contributed by atoms with Crippen LogP contribution < -0.4 is 4.72 Å². The van der Waals surface area contributed by atoms with E-state index in [1.54, 1.807) is 19.1 Å². The number of benzene rings is 1. The van der Waals surface area contributed by atoms with E-state index in [0.717, 1.165) is 12.0 Å². The van der Waals surface area contributed by atoms with Crippen molar-refractivity contribution in [1.82, 2.24) is 5.16 Å². The Kier molecular flexibility index (Phi) is 3.29. The van der Waals surface area contributed by atoms with Gasteiger partial charge < -0.3 is 4.52 Å². The third-order valence-electron chi connectivity index (χ3n) is 3.40. The smallest absolute Gasteiger partial charge is 0.263 e. The number of Topliss-reactive ketones (excluding diaryl/α,β-unsaturated/α-hetero) is 1. The summed E-state index contributed by atoms with van der Waals surface area (Å²) in [5, 5.41) is 3.61. The Hall–Kier alpha value is -2.15. The molecule has 7 heteroatoms. The molecule has 1 aliphatic rings. The fraction of sp³-hybridized carbons (Fsp3) is 0.286. The fourth-order valence-electron chi connectivity index (χ4n) is 2.40. The Morgan fingerprint density at radius 2 is 2.05 bits per heavy atom. The molecule has 110 valence electrons. The lowest BCUT2D eigenvalue weighted by molar-refractivity contribution is 0.0972. The van der Waals surface area contributed by atoms with E-state index in [2.05, 4.69) is 9.88 Å². The minimum absolute atomic E-state index is 0.0697. The Labute approximate surface area is 122 Å². The molecule has 1 aliphatic carbocycles. The highest BCUT2D eigenvalue weighted by Gasteiger charge is 2.22. The van der Waals surface area contributed by atoms with Crippen LogP contribution in [0.4, 0.5) is 5.82 Å². The normalized spacial score (nSPS) is 14.8. The van der Waals surface area contributed by atoms with Crippen LogP contribution >= 0.6 is 0 Å². The van der Waals surface area contributed by atoms with E-state index in [0.29, 0.717) is 24.2 Å². The number of carbonyl (C=O) groups is 1. The van der Waals surface area contributed by atoms with Gasteiger partial charge in [0.15, 0.2) is 11.6 Å². The first-order chi connectivity index (χ1) is 9.95. The molecule has 1 heterocycles. The molecule has 2 aromatic rings. The van der Waals surface area contributed by atoms with Gasteiger partial charge in [0.2, 0.25) is 0 Å². The van der Waals surface area contributed by atoms with Crippen LogP contribution in [0, 0.1) is 6.92 Å². The van der Waals surface area contributed by atoms with Crippen LogP contribution in [0.5, 0.6) is 0 Å². The van der Waals surface area contributed by atoms with Gasteiger partial charge >= 0.3 is 0 Å². The highest BCUT2D eigenvalue weighted by molar-refractivity contribution is 7.92. The maximum absolute atomic E-state index is 12.3. The third kappa shape index (κ3) is 2.69. The van der Waals surface area contributed by atoms with Crippen molar-refractivity contribution in [3.05, 3.63) is 41.2 Å². The summed E-state index contributed by atoms with van der Waals surface area (Å²) < 4.78 is 31.8. The molecule has 0 spiro atoms. The van der Waals surface area contributed by atoms with E-state index in [1.165, 1.54) is 12.1 Å². The highest BCUT2D eigenvalue weighted by atomic mass is 32.2. The number of hydrogen-bond acceptors (Lipinski definition) is 5. The SMILES string of the molecule is Cc1cc(NS(=O)(=O)c2ccc3c(c2)CCCC3=O)no1. The molecule has 1 aromatic heterocycles. The van der Waals surface area contributed by atoms with E-state index in [1.807, 2.05) is 0 Å². The second kappa shape index (κ2) is 5.00. The standard InChI is InChI=1S/C14H14N2O4S/c1-9-7-14(15-20-9)16-21(18,19)11-5-6-12-10(8-11)3-2-4-13(12)17/h5-8H,2-4H2,1H3,(H,15,16). The zero-order valence-electron chi connectivity index (χ0n) is 11.4. The van der Waals surface area contributed by atoms with Gasteiger partial charge in [0.05, 0.1) is 4.90 Å². The summed E-state index contributed by atoms with van der Waals surface area (Å²) in [4.78, 5) is 11.9. The Balaban J connectivity index is 1.94.